The molecular formula is C24H33N7. The lowest BCUT2D eigenvalue weighted by atomic mass is 10.2. The van der Waals surface area contributed by atoms with Crippen molar-refractivity contribution in [2.75, 3.05) is 25.0 Å². The van der Waals surface area contributed by atoms with E-state index in [1.807, 2.05) is 35.9 Å². The van der Waals surface area contributed by atoms with Crippen LogP contribution in [0.2, 0.25) is 0 Å². The Bertz CT molecular complexity index is 963. The smallest absolute Gasteiger partial charge is 0.191 e. The number of hydrogen-bond donors (Lipinski definition) is 3. The molecule has 7 nitrogen and oxygen atoms in total. The van der Waals surface area contributed by atoms with Crippen LogP contribution in [0.1, 0.15) is 36.7 Å². The molecule has 0 atom stereocenters. The molecule has 0 aliphatic rings. The van der Waals surface area contributed by atoms with Gasteiger partial charge in [-0.25, -0.2) is 14.7 Å². The molecule has 31 heavy (non-hydrogen) atoms. The monoisotopic (exact) mass is 419 g/mol. The van der Waals surface area contributed by atoms with Crippen LogP contribution in [-0.2, 0) is 6.54 Å². The van der Waals surface area contributed by atoms with Gasteiger partial charge in [0.05, 0.1) is 17.9 Å². The molecule has 0 aliphatic heterocycles. The molecular weight excluding hydrogens is 386 g/mol. The third-order valence-corrected chi connectivity index (χ3v) is 4.85. The summed E-state index contributed by atoms with van der Waals surface area (Å²) in [6, 6.07) is 16.3. The van der Waals surface area contributed by atoms with Gasteiger partial charge in [-0.05, 0) is 63.4 Å². The first-order chi connectivity index (χ1) is 15.2. The Hall–Kier alpha value is -3.35. The SMILES string of the molecule is CCNC(=NCc1ccccc1-n1nc(C)cc1C)NCCCCNc1ccccn1. The van der Waals surface area contributed by atoms with Crippen LogP contribution in [0.5, 0.6) is 0 Å². The summed E-state index contributed by atoms with van der Waals surface area (Å²) < 4.78 is 2.00. The highest BCUT2D eigenvalue weighted by atomic mass is 15.3. The molecule has 0 radical (unpaired) electrons. The second-order valence-electron chi connectivity index (χ2n) is 7.44. The predicted molar refractivity (Wildman–Crippen MR) is 128 cm³/mol. The van der Waals surface area contributed by atoms with Crippen molar-refractivity contribution in [2.45, 2.75) is 40.2 Å². The van der Waals surface area contributed by atoms with Gasteiger partial charge >= 0.3 is 0 Å². The average molecular weight is 420 g/mol. The fraction of sp³-hybridized carbons (Fsp3) is 0.375. The van der Waals surface area contributed by atoms with Crippen molar-refractivity contribution in [3.8, 4) is 5.69 Å². The molecule has 3 aromatic rings. The third kappa shape index (κ3) is 6.84. The summed E-state index contributed by atoms with van der Waals surface area (Å²) in [6.45, 7) is 9.37. The van der Waals surface area contributed by atoms with Crippen molar-refractivity contribution in [1.82, 2.24) is 25.4 Å². The van der Waals surface area contributed by atoms with Crippen LogP contribution in [0.4, 0.5) is 5.82 Å². The van der Waals surface area contributed by atoms with E-state index in [0.29, 0.717) is 6.54 Å². The number of aromatic nitrogens is 3. The molecule has 0 amide bonds. The van der Waals surface area contributed by atoms with E-state index >= 15 is 0 Å². The number of benzene rings is 1. The van der Waals surface area contributed by atoms with E-state index in [2.05, 4.69) is 64.1 Å². The minimum atomic E-state index is 0.588. The summed E-state index contributed by atoms with van der Waals surface area (Å²) in [4.78, 5) is 9.08. The Morgan fingerprint density at radius 3 is 2.55 bits per heavy atom. The van der Waals surface area contributed by atoms with Gasteiger partial charge in [0.1, 0.15) is 5.82 Å². The van der Waals surface area contributed by atoms with Gasteiger partial charge in [-0.15, -0.1) is 0 Å². The number of hydrogen-bond acceptors (Lipinski definition) is 4. The highest BCUT2D eigenvalue weighted by molar-refractivity contribution is 5.79. The van der Waals surface area contributed by atoms with Crippen molar-refractivity contribution in [3.05, 3.63) is 71.7 Å². The molecule has 0 saturated carbocycles. The number of nitrogens with zero attached hydrogens (tertiary/aromatic N) is 4. The van der Waals surface area contributed by atoms with Crippen molar-refractivity contribution in [3.63, 3.8) is 0 Å². The maximum absolute atomic E-state index is 4.80. The molecule has 0 bridgehead atoms. The Labute approximate surface area is 185 Å². The van der Waals surface area contributed by atoms with Gasteiger partial charge in [0.15, 0.2) is 5.96 Å². The molecule has 0 saturated heterocycles. The highest BCUT2D eigenvalue weighted by Gasteiger charge is 2.08. The normalized spacial score (nSPS) is 11.4. The van der Waals surface area contributed by atoms with Gasteiger partial charge in [-0.2, -0.15) is 5.10 Å². The molecule has 3 rings (SSSR count). The lowest BCUT2D eigenvalue weighted by Crippen LogP contribution is -2.37. The van der Waals surface area contributed by atoms with Crippen molar-refractivity contribution in [1.29, 1.82) is 0 Å². The average Bonchev–Trinajstić information content (AvgIpc) is 3.13. The zero-order chi connectivity index (χ0) is 21.9. The number of aryl methyl sites for hydroxylation is 2. The molecule has 0 unspecified atom stereocenters. The van der Waals surface area contributed by atoms with E-state index < -0.39 is 0 Å². The minimum absolute atomic E-state index is 0.588. The van der Waals surface area contributed by atoms with Gasteiger partial charge < -0.3 is 16.0 Å². The molecule has 0 spiro atoms. The number of anilines is 1. The van der Waals surface area contributed by atoms with Gasteiger partial charge in [-0.3, -0.25) is 0 Å². The molecule has 0 aliphatic carbocycles. The first kappa shape index (κ1) is 22.3. The van der Waals surface area contributed by atoms with E-state index in [4.69, 9.17) is 4.99 Å². The fourth-order valence-electron chi connectivity index (χ4n) is 3.37. The molecule has 164 valence electrons. The number of unbranched alkanes of at least 4 members (excludes halogenated alkanes) is 1. The van der Waals surface area contributed by atoms with Crippen molar-refractivity contribution >= 4 is 11.8 Å². The first-order valence-electron chi connectivity index (χ1n) is 11.0. The molecule has 3 N–H and O–H groups in total. The summed E-state index contributed by atoms with van der Waals surface area (Å²) in [5.41, 5.74) is 4.36. The zero-order valence-corrected chi connectivity index (χ0v) is 18.7. The minimum Gasteiger partial charge on any atom is -0.370 e. The van der Waals surface area contributed by atoms with Crippen LogP contribution in [0, 0.1) is 13.8 Å². The number of pyridine rings is 1. The molecule has 0 fully saturated rings. The summed E-state index contributed by atoms with van der Waals surface area (Å²) in [6.07, 6.45) is 3.91. The van der Waals surface area contributed by atoms with Gasteiger partial charge in [-0.1, -0.05) is 24.3 Å². The summed E-state index contributed by atoms with van der Waals surface area (Å²) in [5, 5.41) is 14.7. The third-order valence-electron chi connectivity index (χ3n) is 4.85. The summed E-state index contributed by atoms with van der Waals surface area (Å²) >= 11 is 0. The second-order valence-corrected chi connectivity index (χ2v) is 7.44. The van der Waals surface area contributed by atoms with E-state index in [9.17, 15) is 0 Å². The lowest BCUT2D eigenvalue weighted by Gasteiger charge is -2.13. The fourth-order valence-corrected chi connectivity index (χ4v) is 3.37. The Kier molecular flexibility index (Phi) is 8.46. The van der Waals surface area contributed by atoms with Gasteiger partial charge in [0.25, 0.3) is 0 Å². The standard InChI is InChI=1S/C24H33N7/c1-4-25-24(28-16-10-9-15-27-23-13-7-8-14-26-23)29-18-21-11-5-6-12-22(21)31-20(3)17-19(2)30-31/h5-8,11-14,17H,4,9-10,15-16,18H2,1-3H3,(H,26,27)(H2,25,28,29). The summed E-state index contributed by atoms with van der Waals surface area (Å²) in [5.74, 6) is 1.76. The number of guanidine groups is 1. The predicted octanol–water partition coefficient (Wildman–Crippen LogP) is 3.83. The van der Waals surface area contributed by atoms with Gasteiger partial charge in [0.2, 0.25) is 0 Å². The van der Waals surface area contributed by atoms with Crippen LogP contribution < -0.4 is 16.0 Å². The van der Waals surface area contributed by atoms with E-state index in [0.717, 1.165) is 66.9 Å². The lowest BCUT2D eigenvalue weighted by molar-refractivity contribution is 0.711. The Balaban J connectivity index is 1.52. The van der Waals surface area contributed by atoms with Crippen LogP contribution in [-0.4, -0.2) is 40.4 Å². The van der Waals surface area contributed by atoms with Crippen LogP contribution >= 0.6 is 0 Å². The first-order valence-corrected chi connectivity index (χ1v) is 11.0. The number of para-hydroxylation sites is 1. The highest BCUT2D eigenvalue weighted by Crippen LogP contribution is 2.17. The number of nitrogens with one attached hydrogen (secondary N) is 3. The van der Waals surface area contributed by atoms with E-state index in [1.54, 1.807) is 6.20 Å². The molecule has 2 heterocycles. The Morgan fingerprint density at radius 1 is 1.00 bits per heavy atom. The summed E-state index contributed by atoms with van der Waals surface area (Å²) in [7, 11) is 0. The maximum Gasteiger partial charge on any atom is 0.191 e. The van der Waals surface area contributed by atoms with Crippen LogP contribution in [0.25, 0.3) is 5.69 Å². The van der Waals surface area contributed by atoms with Gasteiger partial charge in [0, 0.05) is 31.5 Å². The zero-order valence-electron chi connectivity index (χ0n) is 18.7. The quantitative estimate of drug-likeness (QED) is 0.264. The number of rotatable bonds is 10. The second kappa shape index (κ2) is 11.7. The van der Waals surface area contributed by atoms with Crippen molar-refractivity contribution < 1.29 is 0 Å². The molecule has 1 aromatic carbocycles. The topological polar surface area (TPSA) is 79.2 Å². The van der Waals surface area contributed by atoms with E-state index in [-0.39, 0.29) is 0 Å². The van der Waals surface area contributed by atoms with E-state index in [1.165, 1.54) is 0 Å². The maximum atomic E-state index is 4.80. The van der Waals surface area contributed by atoms with Crippen LogP contribution in [0.3, 0.4) is 0 Å². The molecule has 2 aromatic heterocycles. The largest absolute Gasteiger partial charge is 0.370 e. The Morgan fingerprint density at radius 2 is 1.81 bits per heavy atom. The number of aliphatic imine (C=N–C) groups is 1. The molecule has 7 heteroatoms. The van der Waals surface area contributed by atoms with Crippen molar-refractivity contribution in [2.24, 2.45) is 4.99 Å². The van der Waals surface area contributed by atoms with Crippen LogP contribution in [0.15, 0.2) is 59.7 Å².